The average Bonchev–Trinajstić information content (AvgIpc) is 2.65. The fourth-order valence-corrected chi connectivity index (χ4v) is 3.84. The second-order valence-corrected chi connectivity index (χ2v) is 8.51. The van der Waals surface area contributed by atoms with Crippen LogP contribution in [0.25, 0.3) is 0 Å². The van der Waals surface area contributed by atoms with E-state index in [0.717, 1.165) is 12.8 Å². The van der Waals surface area contributed by atoms with Gasteiger partial charge >= 0.3 is 0 Å². The van der Waals surface area contributed by atoms with Crippen molar-refractivity contribution in [2.75, 3.05) is 5.32 Å². The minimum absolute atomic E-state index is 0.209. The van der Waals surface area contributed by atoms with Crippen LogP contribution in [0.15, 0.2) is 47.4 Å². The van der Waals surface area contributed by atoms with Gasteiger partial charge in [0, 0.05) is 11.3 Å². The molecule has 2 aromatic carbocycles. The summed E-state index contributed by atoms with van der Waals surface area (Å²) in [5.74, 6) is -0.323. The number of nitrogens with one attached hydrogen (secondary N) is 1. The molecule has 2 aromatic rings. The molecule has 152 valence electrons. The van der Waals surface area contributed by atoms with Crippen molar-refractivity contribution in [2.45, 2.75) is 63.7 Å². The molecule has 0 aliphatic carbocycles. The lowest BCUT2D eigenvalue weighted by Crippen LogP contribution is -2.12. The molecule has 0 saturated heterocycles. The van der Waals surface area contributed by atoms with Crippen molar-refractivity contribution in [3.63, 3.8) is 0 Å². The van der Waals surface area contributed by atoms with Crippen molar-refractivity contribution in [2.24, 2.45) is 0 Å². The quantitative estimate of drug-likeness (QED) is 0.411. The number of hydrogen-bond acceptors (Lipinski definition) is 3. The lowest BCUT2D eigenvalue weighted by atomic mass is 10.0. The number of carbonyl (C=O) groups excluding carboxylic acids is 1. The van der Waals surface area contributed by atoms with Crippen molar-refractivity contribution < 1.29 is 17.8 Å². The summed E-state index contributed by atoms with van der Waals surface area (Å²) in [5, 5.41) is 2.67. The van der Waals surface area contributed by atoms with E-state index < -0.39 is 10.1 Å². The van der Waals surface area contributed by atoms with Crippen LogP contribution in [0, 0.1) is 6.92 Å². The normalized spacial score (nSPS) is 11.4. The second kappa shape index (κ2) is 10.4. The van der Waals surface area contributed by atoms with Gasteiger partial charge in [-0.05, 0) is 55.2 Å². The highest BCUT2D eigenvalue weighted by molar-refractivity contribution is 7.85. The standard InChI is InChI=1S/C22H29NO4S/c1-3-4-5-6-7-8-9-18-11-13-19(14-12-18)22(24)23-20-15-10-17(2)21(16-20)28(25,26)27/h10-16H,3-9H2,1-2H3,(H,23,24)(H,25,26,27). The van der Waals surface area contributed by atoms with Crippen molar-refractivity contribution in [1.29, 1.82) is 0 Å². The number of benzene rings is 2. The summed E-state index contributed by atoms with van der Waals surface area (Å²) in [6, 6.07) is 11.9. The molecule has 0 radical (unpaired) electrons. The summed E-state index contributed by atoms with van der Waals surface area (Å²) >= 11 is 0. The van der Waals surface area contributed by atoms with Crippen LogP contribution >= 0.6 is 0 Å². The maximum atomic E-state index is 12.4. The molecule has 28 heavy (non-hydrogen) atoms. The van der Waals surface area contributed by atoms with Crippen LogP contribution in [0.5, 0.6) is 0 Å². The third-order valence-electron chi connectivity index (χ3n) is 4.76. The van der Waals surface area contributed by atoms with Gasteiger partial charge in [0.15, 0.2) is 0 Å². The van der Waals surface area contributed by atoms with Gasteiger partial charge in [0.2, 0.25) is 0 Å². The number of amides is 1. The molecule has 6 heteroatoms. The van der Waals surface area contributed by atoms with Gasteiger partial charge in [-0.1, -0.05) is 57.2 Å². The zero-order valence-corrected chi connectivity index (χ0v) is 17.4. The topological polar surface area (TPSA) is 83.5 Å². The van der Waals surface area contributed by atoms with Gasteiger partial charge in [0.25, 0.3) is 16.0 Å². The first-order chi connectivity index (χ1) is 13.3. The largest absolute Gasteiger partial charge is 0.322 e. The first kappa shape index (κ1) is 22.1. The molecular formula is C22H29NO4S. The van der Waals surface area contributed by atoms with Crippen LogP contribution in [0.2, 0.25) is 0 Å². The molecule has 0 saturated carbocycles. The highest BCUT2D eigenvalue weighted by atomic mass is 32.2. The molecule has 0 unspecified atom stereocenters. The number of hydrogen-bond donors (Lipinski definition) is 2. The molecule has 0 bridgehead atoms. The Labute approximate surface area is 167 Å². The third kappa shape index (κ3) is 6.77. The molecule has 0 atom stereocenters. The minimum atomic E-state index is -4.33. The molecule has 0 aliphatic heterocycles. The predicted octanol–water partition coefficient (Wildman–Crippen LogP) is 5.40. The van der Waals surface area contributed by atoms with E-state index in [0.29, 0.717) is 16.8 Å². The summed E-state index contributed by atoms with van der Waals surface area (Å²) in [5.41, 5.74) is 2.44. The van der Waals surface area contributed by atoms with Gasteiger partial charge in [-0.3, -0.25) is 9.35 Å². The van der Waals surface area contributed by atoms with E-state index in [-0.39, 0.29) is 10.8 Å². The van der Waals surface area contributed by atoms with Crippen molar-refractivity contribution >= 4 is 21.7 Å². The van der Waals surface area contributed by atoms with Gasteiger partial charge in [-0.15, -0.1) is 0 Å². The van der Waals surface area contributed by atoms with Gasteiger partial charge in [-0.25, -0.2) is 0 Å². The minimum Gasteiger partial charge on any atom is -0.322 e. The lowest BCUT2D eigenvalue weighted by Gasteiger charge is -2.09. The predicted molar refractivity (Wildman–Crippen MR) is 112 cm³/mol. The summed E-state index contributed by atoms with van der Waals surface area (Å²) in [4.78, 5) is 12.2. The first-order valence-corrected chi connectivity index (χ1v) is 11.2. The smallest absolute Gasteiger partial charge is 0.294 e. The second-order valence-electron chi connectivity index (χ2n) is 7.12. The number of anilines is 1. The fourth-order valence-electron chi connectivity index (χ4n) is 3.09. The molecule has 0 aliphatic rings. The van der Waals surface area contributed by atoms with Crippen molar-refractivity contribution in [3.05, 3.63) is 59.2 Å². The van der Waals surface area contributed by atoms with E-state index in [1.165, 1.54) is 43.7 Å². The Bertz CT molecular complexity index is 889. The van der Waals surface area contributed by atoms with E-state index in [1.54, 1.807) is 31.2 Å². The Balaban J connectivity index is 1.93. The fraction of sp³-hybridized carbons (Fsp3) is 0.409. The summed E-state index contributed by atoms with van der Waals surface area (Å²) in [7, 11) is -4.33. The molecule has 0 heterocycles. The summed E-state index contributed by atoms with van der Waals surface area (Å²) in [6.45, 7) is 3.79. The molecule has 2 N–H and O–H groups in total. The summed E-state index contributed by atoms with van der Waals surface area (Å²) in [6.07, 6.45) is 8.51. The Morgan fingerprint density at radius 2 is 1.61 bits per heavy atom. The van der Waals surface area contributed by atoms with Crippen LogP contribution in [0.1, 0.15) is 66.9 Å². The summed E-state index contributed by atoms with van der Waals surface area (Å²) < 4.78 is 32.1. The molecule has 5 nitrogen and oxygen atoms in total. The van der Waals surface area contributed by atoms with Crippen molar-refractivity contribution in [3.8, 4) is 0 Å². The van der Waals surface area contributed by atoms with E-state index in [1.807, 2.05) is 12.1 Å². The third-order valence-corrected chi connectivity index (χ3v) is 5.75. The molecule has 2 rings (SSSR count). The molecule has 0 fully saturated rings. The highest BCUT2D eigenvalue weighted by Crippen LogP contribution is 2.20. The Morgan fingerprint density at radius 1 is 0.964 bits per heavy atom. The van der Waals surface area contributed by atoms with Crippen LogP contribution in [-0.2, 0) is 16.5 Å². The number of aryl methyl sites for hydroxylation is 2. The number of carbonyl (C=O) groups is 1. The Morgan fingerprint density at radius 3 is 2.25 bits per heavy atom. The van der Waals surface area contributed by atoms with Crippen LogP contribution in [0.3, 0.4) is 0 Å². The zero-order valence-electron chi connectivity index (χ0n) is 16.6. The van der Waals surface area contributed by atoms with E-state index in [2.05, 4.69) is 12.2 Å². The maximum Gasteiger partial charge on any atom is 0.294 e. The van der Waals surface area contributed by atoms with Gasteiger partial charge in [0.05, 0.1) is 4.90 Å². The monoisotopic (exact) mass is 403 g/mol. The average molecular weight is 404 g/mol. The number of rotatable bonds is 10. The molecule has 0 spiro atoms. The highest BCUT2D eigenvalue weighted by Gasteiger charge is 2.15. The Hall–Kier alpha value is -2.18. The zero-order chi connectivity index (χ0) is 20.6. The van der Waals surface area contributed by atoms with Crippen LogP contribution in [-0.4, -0.2) is 18.9 Å². The van der Waals surface area contributed by atoms with Gasteiger partial charge < -0.3 is 5.32 Å². The van der Waals surface area contributed by atoms with Crippen LogP contribution in [0.4, 0.5) is 5.69 Å². The van der Waals surface area contributed by atoms with Crippen LogP contribution < -0.4 is 5.32 Å². The maximum absolute atomic E-state index is 12.4. The first-order valence-electron chi connectivity index (χ1n) is 9.79. The SMILES string of the molecule is CCCCCCCCc1ccc(C(=O)Nc2ccc(C)c(S(=O)(=O)O)c2)cc1. The van der Waals surface area contributed by atoms with E-state index in [9.17, 15) is 17.8 Å². The van der Waals surface area contributed by atoms with Crippen molar-refractivity contribution in [1.82, 2.24) is 0 Å². The van der Waals surface area contributed by atoms with Gasteiger partial charge in [0.1, 0.15) is 0 Å². The molecule has 0 aromatic heterocycles. The molecule has 1 amide bonds. The van der Waals surface area contributed by atoms with Gasteiger partial charge in [-0.2, -0.15) is 8.42 Å². The van der Waals surface area contributed by atoms with E-state index in [4.69, 9.17) is 0 Å². The molecular weight excluding hydrogens is 374 g/mol. The van der Waals surface area contributed by atoms with E-state index >= 15 is 0 Å². The number of unbranched alkanes of at least 4 members (excludes halogenated alkanes) is 5. The Kier molecular flexibility index (Phi) is 8.20. The lowest BCUT2D eigenvalue weighted by molar-refractivity contribution is 0.102.